The van der Waals surface area contributed by atoms with Gasteiger partial charge in [-0.2, -0.15) is 0 Å². The second kappa shape index (κ2) is 11.2. The molecule has 3 aromatic carbocycles. The van der Waals surface area contributed by atoms with Crippen molar-refractivity contribution in [2.75, 3.05) is 0 Å². The van der Waals surface area contributed by atoms with Crippen LogP contribution in [0, 0.1) is 27.4 Å². The third kappa shape index (κ3) is 6.59. The first-order chi connectivity index (χ1) is 15.3. The maximum Gasteiger partial charge on any atom is 0.269 e. The molecule has 0 amide bonds. The molecule has 9 nitrogen and oxygen atoms in total. The van der Waals surface area contributed by atoms with E-state index in [1.54, 1.807) is 30.5 Å². The zero-order chi connectivity index (χ0) is 23.1. The standard InChI is InChI=1S/C21H15I2N3O6/c22-19-9-16(11-24-32-13-15-2-1-3-18(8-15)26(29)30)10-20(23)21(19)31-12-14-4-6-17(7-5-14)25(27)28/h1-11H,12-13H2/b24-11-. The van der Waals surface area contributed by atoms with Crippen molar-refractivity contribution in [1.29, 1.82) is 0 Å². The number of nitrogens with zero attached hydrogens (tertiary/aromatic N) is 3. The number of rotatable bonds is 9. The topological polar surface area (TPSA) is 117 Å². The molecule has 0 saturated heterocycles. The summed E-state index contributed by atoms with van der Waals surface area (Å²) in [6, 6.07) is 16.2. The SMILES string of the molecule is O=[N+]([O-])c1ccc(COc2c(I)cc(/C=N\OCc3cccc([N+](=O)[O-])c3)cc2I)cc1. The number of benzene rings is 3. The highest BCUT2D eigenvalue weighted by Gasteiger charge is 2.10. The Bertz CT molecular complexity index is 1150. The van der Waals surface area contributed by atoms with Crippen molar-refractivity contribution >= 4 is 62.8 Å². The minimum atomic E-state index is -0.456. The predicted octanol–water partition coefficient (Wildman–Crippen LogP) is 5.84. The lowest BCUT2D eigenvalue weighted by atomic mass is 10.2. The minimum absolute atomic E-state index is 0.00324. The monoisotopic (exact) mass is 659 g/mol. The number of nitro groups is 2. The van der Waals surface area contributed by atoms with Crippen LogP contribution in [0.2, 0.25) is 0 Å². The molecule has 0 atom stereocenters. The minimum Gasteiger partial charge on any atom is -0.487 e. The van der Waals surface area contributed by atoms with Crippen LogP contribution in [-0.4, -0.2) is 16.1 Å². The van der Waals surface area contributed by atoms with Crippen molar-refractivity contribution in [3.8, 4) is 5.75 Å². The summed E-state index contributed by atoms with van der Waals surface area (Å²) in [4.78, 5) is 25.9. The van der Waals surface area contributed by atoms with Crippen molar-refractivity contribution in [2.45, 2.75) is 13.2 Å². The van der Waals surface area contributed by atoms with Gasteiger partial charge in [0.2, 0.25) is 0 Å². The molecule has 0 heterocycles. The Labute approximate surface area is 210 Å². The number of non-ortho nitro benzene ring substituents is 2. The van der Waals surface area contributed by atoms with Gasteiger partial charge in [0.25, 0.3) is 11.4 Å². The van der Waals surface area contributed by atoms with E-state index < -0.39 is 9.85 Å². The van der Waals surface area contributed by atoms with Gasteiger partial charge in [-0.25, -0.2) is 0 Å². The number of nitro benzene ring substituents is 2. The van der Waals surface area contributed by atoms with Gasteiger partial charge >= 0.3 is 0 Å². The number of hydrogen-bond donors (Lipinski definition) is 0. The molecule has 11 heteroatoms. The summed E-state index contributed by atoms with van der Waals surface area (Å²) in [6.45, 7) is 0.395. The normalized spacial score (nSPS) is 10.8. The number of hydrogen-bond acceptors (Lipinski definition) is 7. The molecule has 32 heavy (non-hydrogen) atoms. The second-order valence-corrected chi connectivity index (χ2v) is 8.79. The Morgan fingerprint density at radius 1 is 0.844 bits per heavy atom. The highest BCUT2D eigenvalue weighted by atomic mass is 127. The lowest BCUT2D eigenvalue weighted by molar-refractivity contribution is -0.385. The molecule has 0 aliphatic rings. The van der Waals surface area contributed by atoms with E-state index in [0.717, 1.165) is 18.3 Å². The quantitative estimate of drug-likeness (QED) is 0.123. The van der Waals surface area contributed by atoms with Crippen LogP contribution in [0.3, 0.4) is 0 Å². The Morgan fingerprint density at radius 2 is 1.50 bits per heavy atom. The molecule has 0 radical (unpaired) electrons. The molecule has 0 spiro atoms. The first kappa shape index (κ1) is 23.8. The zero-order valence-electron chi connectivity index (χ0n) is 16.3. The van der Waals surface area contributed by atoms with Crippen LogP contribution in [0.1, 0.15) is 16.7 Å². The fourth-order valence-electron chi connectivity index (χ4n) is 2.63. The Balaban J connectivity index is 1.59. The Hall–Kier alpha value is -2.81. The largest absolute Gasteiger partial charge is 0.487 e. The third-order valence-electron chi connectivity index (χ3n) is 4.18. The van der Waals surface area contributed by atoms with Crippen LogP contribution in [-0.2, 0) is 18.1 Å². The molecule has 0 saturated carbocycles. The molecule has 0 bridgehead atoms. The lowest BCUT2D eigenvalue weighted by Crippen LogP contribution is -2.00. The number of oxime groups is 1. The van der Waals surface area contributed by atoms with Gasteiger partial charge in [-0.3, -0.25) is 20.2 Å². The molecule has 0 N–H and O–H groups in total. The van der Waals surface area contributed by atoms with E-state index in [2.05, 4.69) is 50.3 Å². The summed E-state index contributed by atoms with van der Waals surface area (Å²) in [5, 5.41) is 25.5. The highest BCUT2D eigenvalue weighted by molar-refractivity contribution is 14.1. The van der Waals surface area contributed by atoms with Gasteiger partial charge in [-0.15, -0.1) is 0 Å². The van der Waals surface area contributed by atoms with E-state index in [9.17, 15) is 20.2 Å². The van der Waals surface area contributed by atoms with Gasteiger partial charge in [0.1, 0.15) is 19.0 Å². The highest BCUT2D eigenvalue weighted by Crippen LogP contribution is 2.29. The van der Waals surface area contributed by atoms with Crippen LogP contribution >= 0.6 is 45.2 Å². The summed E-state index contributed by atoms with van der Waals surface area (Å²) >= 11 is 4.33. The first-order valence-electron chi connectivity index (χ1n) is 9.07. The van der Waals surface area contributed by atoms with E-state index in [-0.39, 0.29) is 24.6 Å². The van der Waals surface area contributed by atoms with Gasteiger partial charge in [0.05, 0.1) is 23.2 Å². The van der Waals surface area contributed by atoms with E-state index in [1.807, 2.05) is 12.1 Å². The number of ether oxygens (including phenoxy) is 1. The van der Waals surface area contributed by atoms with E-state index >= 15 is 0 Å². The third-order valence-corrected chi connectivity index (χ3v) is 5.78. The van der Waals surface area contributed by atoms with Gasteiger partial charge in [-0.1, -0.05) is 17.3 Å². The van der Waals surface area contributed by atoms with Crippen molar-refractivity contribution in [3.05, 3.63) is 105 Å². The second-order valence-electron chi connectivity index (χ2n) is 6.46. The smallest absolute Gasteiger partial charge is 0.269 e. The van der Waals surface area contributed by atoms with Crippen LogP contribution < -0.4 is 4.74 Å². The first-order valence-corrected chi connectivity index (χ1v) is 11.2. The van der Waals surface area contributed by atoms with Gasteiger partial charge in [0, 0.05) is 24.3 Å². The van der Waals surface area contributed by atoms with Crippen LogP contribution in [0.4, 0.5) is 11.4 Å². The molecule has 0 aliphatic heterocycles. The molecular formula is C21H15I2N3O6. The maximum absolute atomic E-state index is 10.8. The van der Waals surface area contributed by atoms with Crippen LogP contribution in [0.15, 0.2) is 65.8 Å². The summed E-state index contributed by atoms with van der Waals surface area (Å²) in [7, 11) is 0. The molecule has 164 valence electrons. The average Bonchev–Trinajstić information content (AvgIpc) is 2.76. The van der Waals surface area contributed by atoms with Crippen molar-refractivity contribution in [3.63, 3.8) is 0 Å². The molecule has 0 aromatic heterocycles. The molecule has 0 aliphatic carbocycles. The summed E-state index contributed by atoms with van der Waals surface area (Å²) in [5.74, 6) is 0.708. The van der Waals surface area contributed by atoms with Crippen LogP contribution in [0.25, 0.3) is 0 Å². The van der Waals surface area contributed by atoms with Gasteiger partial charge in [0.15, 0.2) is 0 Å². The Kier molecular flexibility index (Phi) is 8.33. The Morgan fingerprint density at radius 3 is 2.12 bits per heavy atom. The number of halogens is 2. The summed E-state index contributed by atoms with van der Waals surface area (Å²) in [5.41, 5.74) is 2.32. The lowest BCUT2D eigenvalue weighted by Gasteiger charge is -2.11. The fraction of sp³-hybridized carbons (Fsp3) is 0.0952. The van der Waals surface area contributed by atoms with Crippen molar-refractivity contribution < 1.29 is 19.4 Å². The zero-order valence-corrected chi connectivity index (χ0v) is 20.6. The summed E-state index contributed by atoms with van der Waals surface area (Å²) < 4.78 is 7.65. The van der Waals surface area contributed by atoms with E-state index in [4.69, 9.17) is 9.57 Å². The molecule has 0 fully saturated rings. The average molecular weight is 659 g/mol. The molecule has 3 rings (SSSR count). The summed E-state index contributed by atoms with van der Waals surface area (Å²) in [6.07, 6.45) is 1.56. The fourth-order valence-corrected chi connectivity index (χ4v) is 4.76. The molecule has 3 aromatic rings. The maximum atomic E-state index is 10.8. The predicted molar refractivity (Wildman–Crippen MR) is 135 cm³/mol. The molecular weight excluding hydrogens is 644 g/mol. The van der Waals surface area contributed by atoms with Gasteiger partial charge in [-0.05, 0) is 86.1 Å². The van der Waals surface area contributed by atoms with Gasteiger partial charge < -0.3 is 9.57 Å². The van der Waals surface area contributed by atoms with E-state index in [0.29, 0.717) is 11.3 Å². The molecule has 0 unspecified atom stereocenters. The van der Waals surface area contributed by atoms with Crippen LogP contribution in [0.5, 0.6) is 5.75 Å². The van der Waals surface area contributed by atoms with E-state index in [1.165, 1.54) is 24.3 Å². The van der Waals surface area contributed by atoms with Crippen molar-refractivity contribution in [1.82, 2.24) is 0 Å². The van der Waals surface area contributed by atoms with Crippen molar-refractivity contribution in [2.24, 2.45) is 5.16 Å².